The van der Waals surface area contributed by atoms with Crippen molar-refractivity contribution in [1.29, 1.82) is 0 Å². The number of benzene rings is 1. The van der Waals surface area contributed by atoms with E-state index in [9.17, 15) is 4.79 Å². The average Bonchev–Trinajstić information content (AvgIpc) is 2.48. The highest BCUT2D eigenvalue weighted by Gasteiger charge is 2.36. The molecule has 0 unspecified atom stereocenters. The molecule has 1 aliphatic rings. The molecule has 24 heavy (non-hydrogen) atoms. The molecule has 0 aromatic heterocycles. The molecule has 1 aliphatic carbocycles. The zero-order valence-corrected chi connectivity index (χ0v) is 15.2. The van der Waals surface area contributed by atoms with E-state index in [1.165, 1.54) is 30.0 Å². The van der Waals surface area contributed by atoms with E-state index in [0.717, 1.165) is 5.56 Å². The van der Waals surface area contributed by atoms with E-state index in [2.05, 4.69) is 57.7 Å². The van der Waals surface area contributed by atoms with Crippen molar-refractivity contribution in [3.63, 3.8) is 0 Å². The van der Waals surface area contributed by atoms with Gasteiger partial charge in [0.25, 0.3) is 0 Å². The summed E-state index contributed by atoms with van der Waals surface area (Å²) in [6.07, 6.45) is 6.97. The molecular formula is C22H26O2. The van der Waals surface area contributed by atoms with Crippen LogP contribution in [-0.4, -0.2) is 11.1 Å². The molecule has 0 heterocycles. The van der Waals surface area contributed by atoms with E-state index in [1.54, 1.807) is 19.1 Å². The van der Waals surface area contributed by atoms with Gasteiger partial charge in [-0.05, 0) is 65.5 Å². The zero-order chi connectivity index (χ0) is 18.0. The average molecular weight is 322 g/mol. The zero-order valence-electron chi connectivity index (χ0n) is 15.2. The van der Waals surface area contributed by atoms with Gasteiger partial charge in [0.05, 0.1) is 0 Å². The Kier molecular flexibility index (Phi) is 5.04. The summed E-state index contributed by atoms with van der Waals surface area (Å²) in [7, 11) is 0. The predicted octanol–water partition coefficient (Wildman–Crippen LogP) is 4.97. The van der Waals surface area contributed by atoms with Gasteiger partial charge in [0.1, 0.15) is 0 Å². The lowest BCUT2D eigenvalue weighted by Crippen LogP contribution is -2.33. The van der Waals surface area contributed by atoms with Crippen LogP contribution < -0.4 is 0 Å². The molecule has 0 saturated carbocycles. The number of carbonyl (C=O) groups is 1. The molecule has 2 nitrogen and oxygen atoms in total. The Morgan fingerprint density at radius 2 is 1.75 bits per heavy atom. The summed E-state index contributed by atoms with van der Waals surface area (Å²) in [5.41, 5.74) is 4.90. The SMILES string of the molecule is CC(/C=C/C#Cc1ccc2c(c1)C(C)(C)CCC2(C)C)=C\C(=O)O. The van der Waals surface area contributed by atoms with Crippen molar-refractivity contribution in [1.82, 2.24) is 0 Å². The molecule has 0 fully saturated rings. The minimum Gasteiger partial charge on any atom is -0.478 e. The van der Waals surface area contributed by atoms with Crippen LogP contribution in [-0.2, 0) is 15.6 Å². The number of carboxylic acids is 1. The molecule has 0 atom stereocenters. The van der Waals surface area contributed by atoms with Gasteiger partial charge in [-0.1, -0.05) is 51.7 Å². The third kappa shape index (κ3) is 4.17. The van der Waals surface area contributed by atoms with Crippen LogP contribution in [0.15, 0.2) is 42.0 Å². The highest BCUT2D eigenvalue weighted by atomic mass is 16.4. The summed E-state index contributed by atoms with van der Waals surface area (Å²) in [6.45, 7) is 11.0. The van der Waals surface area contributed by atoms with Gasteiger partial charge >= 0.3 is 5.97 Å². The summed E-state index contributed by atoms with van der Waals surface area (Å²) in [6, 6.07) is 6.53. The van der Waals surface area contributed by atoms with Crippen LogP contribution in [0.5, 0.6) is 0 Å². The highest BCUT2D eigenvalue weighted by molar-refractivity contribution is 5.81. The van der Waals surface area contributed by atoms with E-state index in [-0.39, 0.29) is 10.8 Å². The first-order chi connectivity index (χ1) is 11.1. The summed E-state index contributed by atoms with van der Waals surface area (Å²) in [5, 5.41) is 8.68. The molecule has 0 bridgehead atoms. The number of rotatable bonds is 2. The number of aliphatic carboxylic acids is 1. The summed E-state index contributed by atoms with van der Waals surface area (Å²) in [4.78, 5) is 10.6. The smallest absolute Gasteiger partial charge is 0.328 e. The van der Waals surface area contributed by atoms with Gasteiger partial charge in [0.2, 0.25) is 0 Å². The van der Waals surface area contributed by atoms with E-state index < -0.39 is 5.97 Å². The van der Waals surface area contributed by atoms with Gasteiger partial charge in [-0.15, -0.1) is 0 Å². The maximum absolute atomic E-state index is 10.6. The van der Waals surface area contributed by atoms with Crippen LogP contribution in [0, 0.1) is 11.8 Å². The third-order valence-corrected chi connectivity index (χ3v) is 4.85. The molecular weight excluding hydrogens is 296 g/mol. The number of fused-ring (bicyclic) bond motifs is 1. The summed E-state index contributed by atoms with van der Waals surface area (Å²) < 4.78 is 0. The monoisotopic (exact) mass is 322 g/mol. The molecule has 1 aromatic rings. The molecule has 2 heteroatoms. The normalized spacial score (nSPS) is 18.6. The van der Waals surface area contributed by atoms with Crippen molar-refractivity contribution in [2.75, 3.05) is 0 Å². The Hall–Kier alpha value is -2.27. The number of hydrogen-bond donors (Lipinski definition) is 1. The maximum atomic E-state index is 10.6. The first kappa shape index (κ1) is 18.1. The van der Waals surface area contributed by atoms with Crippen molar-refractivity contribution < 1.29 is 9.90 Å². The minimum atomic E-state index is -0.940. The number of carboxylic acid groups (broad SMARTS) is 1. The minimum absolute atomic E-state index is 0.180. The van der Waals surface area contributed by atoms with Crippen LogP contribution >= 0.6 is 0 Å². The summed E-state index contributed by atoms with van der Waals surface area (Å²) >= 11 is 0. The fraction of sp³-hybridized carbons (Fsp3) is 0.409. The Labute approximate surface area is 145 Å². The molecule has 0 aliphatic heterocycles. The molecule has 0 radical (unpaired) electrons. The first-order valence-corrected chi connectivity index (χ1v) is 8.36. The van der Waals surface area contributed by atoms with Crippen molar-refractivity contribution in [3.8, 4) is 11.8 Å². The molecule has 0 amide bonds. The Morgan fingerprint density at radius 1 is 1.12 bits per heavy atom. The Balaban J connectivity index is 2.28. The highest BCUT2D eigenvalue weighted by Crippen LogP contribution is 2.45. The van der Waals surface area contributed by atoms with E-state index in [4.69, 9.17) is 5.11 Å². The lowest BCUT2D eigenvalue weighted by molar-refractivity contribution is -0.131. The summed E-state index contributed by atoms with van der Waals surface area (Å²) in [5.74, 6) is 5.21. The van der Waals surface area contributed by atoms with Gasteiger partial charge in [-0.25, -0.2) is 4.79 Å². The lowest BCUT2D eigenvalue weighted by Gasteiger charge is -2.41. The molecule has 0 saturated heterocycles. The quantitative estimate of drug-likeness (QED) is 0.474. The molecule has 0 spiro atoms. The standard InChI is InChI=1S/C22H26O2/c1-16(14-20(23)24)8-6-7-9-17-10-11-18-19(15-17)22(4,5)13-12-21(18,2)3/h6,8,10-11,14-15H,12-13H2,1-5H3,(H,23,24)/b8-6+,16-14+. The third-order valence-electron chi connectivity index (χ3n) is 4.85. The van der Waals surface area contributed by atoms with Gasteiger partial charge in [0.15, 0.2) is 0 Å². The maximum Gasteiger partial charge on any atom is 0.328 e. The van der Waals surface area contributed by atoms with E-state index in [1.807, 2.05) is 0 Å². The molecule has 1 N–H and O–H groups in total. The van der Waals surface area contributed by atoms with Crippen molar-refractivity contribution in [2.24, 2.45) is 0 Å². The van der Waals surface area contributed by atoms with Crippen molar-refractivity contribution in [2.45, 2.75) is 58.3 Å². The van der Waals surface area contributed by atoms with Gasteiger partial charge in [0, 0.05) is 11.6 Å². The molecule has 2 rings (SSSR count). The van der Waals surface area contributed by atoms with Crippen LogP contribution in [0.1, 0.15) is 64.2 Å². The van der Waals surface area contributed by atoms with Gasteiger partial charge in [-0.3, -0.25) is 0 Å². The van der Waals surface area contributed by atoms with E-state index >= 15 is 0 Å². The topological polar surface area (TPSA) is 37.3 Å². The Bertz CT molecular complexity index is 765. The number of allylic oxidation sites excluding steroid dienone is 3. The molecule has 1 aromatic carbocycles. The second kappa shape index (κ2) is 6.69. The van der Waals surface area contributed by atoms with Crippen LogP contribution in [0.4, 0.5) is 0 Å². The lowest BCUT2D eigenvalue weighted by atomic mass is 9.63. The van der Waals surface area contributed by atoms with Crippen molar-refractivity contribution >= 4 is 5.97 Å². The van der Waals surface area contributed by atoms with Crippen LogP contribution in [0.3, 0.4) is 0 Å². The number of hydrogen-bond acceptors (Lipinski definition) is 1. The second-order valence-electron chi connectivity index (χ2n) is 7.86. The molecule has 126 valence electrons. The van der Waals surface area contributed by atoms with E-state index in [0.29, 0.717) is 5.57 Å². The first-order valence-electron chi connectivity index (χ1n) is 8.36. The van der Waals surface area contributed by atoms with Crippen LogP contribution in [0.25, 0.3) is 0 Å². The largest absolute Gasteiger partial charge is 0.478 e. The van der Waals surface area contributed by atoms with Crippen LogP contribution in [0.2, 0.25) is 0 Å². The Morgan fingerprint density at radius 3 is 2.38 bits per heavy atom. The van der Waals surface area contributed by atoms with Gasteiger partial charge in [-0.2, -0.15) is 0 Å². The fourth-order valence-electron chi connectivity index (χ4n) is 3.21. The fourth-order valence-corrected chi connectivity index (χ4v) is 3.21. The van der Waals surface area contributed by atoms with Crippen molar-refractivity contribution in [3.05, 3.63) is 58.7 Å². The van der Waals surface area contributed by atoms with Gasteiger partial charge < -0.3 is 5.11 Å². The predicted molar refractivity (Wildman–Crippen MR) is 99.1 cm³/mol. The second-order valence-corrected chi connectivity index (χ2v) is 7.86.